The van der Waals surface area contributed by atoms with Gasteiger partial charge in [0.2, 0.25) is 0 Å². The fraction of sp³-hybridized carbons (Fsp3) is 0.217. The molecule has 128 valence electrons. The van der Waals surface area contributed by atoms with E-state index < -0.39 is 8.32 Å². The molecule has 0 aromatic heterocycles. The van der Waals surface area contributed by atoms with Gasteiger partial charge in [-0.05, 0) is 33.8 Å². The molecule has 1 nitrogen and oxygen atoms in total. The summed E-state index contributed by atoms with van der Waals surface area (Å²) in [4.78, 5) is 12.0. The minimum absolute atomic E-state index is 0.332. The molecule has 0 heterocycles. The second-order valence-corrected chi connectivity index (χ2v) is 10.3. The highest BCUT2D eigenvalue weighted by Crippen LogP contribution is 2.32. The molecular weight excluding hydrogens is 320 g/mol. The van der Waals surface area contributed by atoms with Gasteiger partial charge in [-0.3, -0.25) is 0 Å². The summed E-state index contributed by atoms with van der Waals surface area (Å²) in [5.41, 5.74) is 1.32. The van der Waals surface area contributed by atoms with Crippen molar-refractivity contribution in [1.29, 1.82) is 0 Å². The smallest absolute Gasteiger partial charge is 0.253 e. The molecule has 0 unspecified atom stereocenters. The van der Waals surface area contributed by atoms with E-state index in [0.717, 1.165) is 16.4 Å². The second kappa shape index (κ2) is 7.81. The van der Waals surface area contributed by atoms with Crippen LogP contribution in [0.3, 0.4) is 0 Å². The number of benzene rings is 3. The van der Waals surface area contributed by atoms with Crippen molar-refractivity contribution in [3.63, 3.8) is 0 Å². The minimum atomic E-state index is -2.81. The molecule has 3 rings (SSSR count). The van der Waals surface area contributed by atoms with Crippen LogP contribution in [0.1, 0.15) is 25.3 Å². The van der Waals surface area contributed by atoms with Crippen molar-refractivity contribution in [1.82, 2.24) is 0 Å². The van der Waals surface area contributed by atoms with Crippen LogP contribution in [0.25, 0.3) is 0 Å². The Labute approximate surface area is 152 Å². The molecule has 0 amide bonds. The Kier molecular flexibility index (Phi) is 5.52. The Morgan fingerprint density at radius 3 is 1.48 bits per heavy atom. The van der Waals surface area contributed by atoms with Crippen LogP contribution in [0.2, 0.25) is 6.04 Å². The molecule has 25 heavy (non-hydrogen) atoms. The lowest BCUT2D eigenvalue weighted by molar-refractivity contribution is 0.492. The molecule has 1 atom stereocenters. The molecule has 3 aromatic rings. The summed E-state index contributed by atoms with van der Waals surface area (Å²) in [7, 11) is -2.81. The van der Waals surface area contributed by atoms with Gasteiger partial charge in [0.15, 0.2) is 0 Å². The van der Waals surface area contributed by atoms with Crippen molar-refractivity contribution in [2.24, 2.45) is 5.92 Å². The summed E-state index contributed by atoms with van der Waals surface area (Å²) in [6.45, 7) is 4.50. The van der Waals surface area contributed by atoms with Gasteiger partial charge < -0.3 is 4.80 Å². The summed E-state index contributed by atoms with van der Waals surface area (Å²) in [6, 6.07) is 31.9. The van der Waals surface area contributed by atoms with E-state index in [4.69, 9.17) is 0 Å². The monoisotopic (exact) mass is 346 g/mol. The van der Waals surface area contributed by atoms with Crippen LogP contribution in [-0.4, -0.2) is 13.1 Å². The molecule has 0 aliphatic rings. The first-order valence-corrected chi connectivity index (χ1v) is 11.1. The van der Waals surface area contributed by atoms with Crippen LogP contribution < -0.4 is 10.4 Å². The van der Waals surface area contributed by atoms with Gasteiger partial charge in [-0.2, -0.15) is 0 Å². The maximum Gasteiger partial charge on any atom is 0.253 e. The summed E-state index contributed by atoms with van der Waals surface area (Å²) in [5.74, 6) is 0.798. The summed E-state index contributed by atoms with van der Waals surface area (Å²) >= 11 is 0. The largest absolute Gasteiger partial charge is 0.424 e. The number of hydrogen-bond donors (Lipinski definition) is 1. The van der Waals surface area contributed by atoms with E-state index in [9.17, 15) is 4.80 Å². The predicted octanol–water partition coefficient (Wildman–Crippen LogP) is 4.18. The molecule has 0 saturated carbocycles. The zero-order valence-corrected chi connectivity index (χ0v) is 16.0. The number of rotatable bonds is 6. The van der Waals surface area contributed by atoms with Gasteiger partial charge in [-0.25, -0.2) is 0 Å². The second-order valence-electron chi connectivity index (χ2n) is 7.06. The Morgan fingerprint density at radius 1 is 0.680 bits per heavy atom. The molecule has 0 spiro atoms. The van der Waals surface area contributed by atoms with Gasteiger partial charge in [-0.1, -0.05) is 105 Å². The lowest BCUT2D eigenvalue weighted by Crippen LogP contribution is -2.59. The van der Waals surface area contributed by atoms with Crippen LogP contribution in [0.5, 0.6) is 0 Å². The molecule has 0 saturated heterocycles. The van der Waals surface area contributed by atoms with Crippen LogP contribution in [0, 0.1) is 5.92 Å². The zero-order chi connectivity index (χ0) is 17.7. The van der Waals surface area contributed by atoms with Crippen molar-refractivity contribution in [3.05, 3.63) is 96.6 Å². The highest BCUT2D eigenvalue weighted by atomic mass is 28.4. The fourth-order valence-corrected chi connectivity index (χ4v) is 7.22. The number of hydrogen-bond acceptors (Lipinski definition) is 1. The Bertz CT molecular complexity index is 729. The van der Waals surface area contributed by atoms with Gasteiger partial charge in [0.1, 0.15) is 0 Å². The lowest BCUT2D eigenvalue weighted by Gasteiger charge is -2.32. The first-order valence-electron chi connectivity index (χ1n) is 8.99. The molecular formula is C23H26OSi. The molecule has 0 aliphatic carbocycles. The first-order chi connectivity index (χ1) is 12.1. The maximum absolute atomic E-state index is 12.0. The van der Waals surface area contributed by atoms with Crippen LogP contribution in [0.15, 0.2) is 91.0 Å². The van der Waals surface area contributed by atoms with E-state index in [1.54, 1.807) is 0 Å². The summed E-state index contributed by atoms with van der Waals surface area (Å²) < 4.78 is 0. The van der Waals surface area contributed by atoms with Gasteiger partial charge in [0.25, 0.3) is 8.32 Å². The van der Waals surface area contributed by atoms with Crippen molar-refractivity contribution >= 4 is 18.7 Å². The topological polar surface area (TPSA) is 20.2 Å². The quantitative estimate of drug-likeness (QED) is 0.664. The van der Waals surface area contributed by atoms with E-state index >= 15 is 0 Å². The van der Waals surface area contributed by atoms with Gasteiger partial charge in [0.05, 0.1) is 0 Å². The predicted molar refractivity (Wildman–Crippen MR) is 109 cm³/mol. The van der Waals surface area contributed by atoms with Crippen molar-refractivity contribution in [2.75, 3.05) is 0 Å². The van der Waals surface area contributed by atoms with Crippen LogP contribution in [-0.2, 0) is 0 Å². The third kappa shape index (κ3) is 3.92. The van der Waals surface area contributed by atoms with E-state index in [1.165, 1.54) is 5.56 Å². The highest BCUT2D eigenvalue weighted by molar-refractivity contribution is 6.96. The van der Waals surface area contributed by atoms with Crippen LogP contribution >= 0.6 is 0 Å². The van der Waals surface area contributed by atoms with Gasteiger partial charge in [0, 0.05) is 0 Å². The van der Waals surface area contributed by atoms with E-state index in [0.29, 0.717) is 11.8 Å². The zero-order valence-electron chi connectivity index (χ0n) is 15.0. The summed E-state index contributed by atoms with van der Waals surface area (Å²) in [5, 5.41) is 2.17. The Balaban J connectivity index is 2.06. The SMILES string of the molecule is CC(C)[C@H](C[Si](O)(c1ccccc1)c1ccccc1)c1ccccc1. The standard InChI is InChI=1S/C23H26OSi/c1-19(2)23(20-12-6-3-7-13-20)18-25(24,21-14-8-4-9-15-21)22-16-10-5-11-17-22/h3-17,19,23-24H,18H2,1-2H3/t23-/m0/s1. The normalized spacial score (nSPS) is 13.0. The van der Waals surface area contributed by atoms with Crippen molar-refractivity contribution < 1.29 is 4.80 Å². The van der Waals surface area contributed by atoms with Crippen molar-refractivity contribution in [3.8, 4) is 0 Å². The maximum atomic E-state index is 12.0. The molecule has 0 fully saturated rings. The average Bonchev–Trinajstić information content (AvgIpc) is 2.68. The molecule has 3 aromatic carbocycles. The Morgan fingerprint density at radius 2 is 1.08 bits per heavy atom. The molecule has 0 aliphatic heterocycles. The third-order valence-electron chi connectivity index (χ3n) is 5.05. The average molecular weight is 347 g/mol. The molecule has 0 bridgehead atoms. The van der Waals surface area contributed by atoms with Crippen LogP contribution in [0.4, 0.5) is 0 Å². The van der Waals surface area contributed by atoms with Gasteiger partial charge in [-0.15, -0.1) is 0 Å². The summed E-state index contributed by atoms with van der Waals surface area (Å²) in [6.07, 6.45) is 0. The van der Waals surface area contributed by atoms with E-state index in [2.05, 4.69) is 68.4 Å². The third-order valence-corrected chi connectivity index (χ3v) is 8.66. The first kappa shape index (κ1) is 17.7. The lowest BCUT2D eigenvalue weighted by atomic mass is 9.90. The highest BCUT2D eigenvalue weighted by Gasteiger charge is 2.39. The molecule has 0 radical (unpaired) electrons. The van der Waals surface area contributed by atoms with E-state index in [-0.39, 0.29) is 0 Å². The molecule has 1 N–H and O–H groups in total. The van der Waals surface area contributed by atoms with E-state index in [1.807, 2.05) is 36.4 Å². The Hall–Kier alpha value is -2.16. The molecule has 2 heteroatoms. The van der Waals surface area contributed by atoms with Gasteiger partial charge >= 0.3 is 0 Å². The van der Waals surface area contributed by atoms with Crippen molar-refractivity contribution in [2.45, 2.75) is 25.8 Å². The fourth-order valence-electron chi connectivity index (χ4n) is 3.59. The minimum Gasteiger partial charge on any atom is -0.424 e.